The van der Waals surface area contributed by atoms with Gasteiger partial charge in [0.15, 0.2) is 0 Å². The van der Waals surface area contributed by atoms with Gasteiger partial charge in [0.1, 0.15) is 5.82 Å². The second-order valence-electron chi connectivity index (χ2n) is 6.82. The highest BCUT2D eigenvalue weighted by Crippen LogP contribution is 2.34. The number of nitrogens with one attached hydrogen (secondary N) is 2. The Morgan fingerprint density at radius 1 is 1.11 bits per heavy atom. The van der Waals surface area contributed by atoms with Gasteiger partial charge in [-0.1, -0.05) is 36.4 Å². The summed E-state index contributed by atoms with van der Waals surface area (Å²) in [6.07, 6.45) is 2.90. The fourth-order valence-corrected chi connectivity index (χ4v) is 3.47. The van der Waals surface area contributed by atoms with Crippen LogP contribution >= 0.6 is 0 Å². The molecule has 6 heteroatoms. The first-order chi connectivity index (χ1) is 13.6. The molecule has 0 spiro atoms. The molecule has 1 heterocycles. The monoisotopic (exact) mass is 381 g/mol. The minimum atomic E-state index is -0.318. The summed E-state index contributed by atoms with van der Waals surface area (Å²) < 4.78 is 13.3. The molecule has 0 bridgehead atoms. The van der Waals surface area contributed by atoms with E-state index < -0.39 is 0 Å². The van der Waals surface area contributed by atoms with E-state index in [0.29, 0.717) is 31.6 Å². The zero-order valence-electron chi connectivity index (χ0n) is 15.6. The summed E-state index contributed by atoms with van der Waals surface area (Å²) >= 11 is 0. The summed E-state index contributed by atoms with van der Waals surface area (Å²) in [6.45, 7) is 4.30. The van der Waals surface area contributed by atoms with Crippen molar-refractivity contribution in [1.29, 1.82) is 0 Å². The van der Waals surface area contributed by atoms with Crippen LogP contribution in [-0.2, 0) is 4.79 Å². The van der Waals surface area contributed by atoms with Gasteiger partial charge in [0.25, 0.3) is 0 Å². The highest BCUT2D eigenvalue weighted by Gasteiger charge is 2.35. The summed E-state index contributed by atoms with van der Waals surface area (Å²) in [5.41, 5.74) is 1.54. The average Bonchev–Trinajstić information content (AvgIpc) is 2.73. The number of piperidine rings is 1. The van der Waals surface area contributed by atoms with Gasteiger partial charge in [0.2, 0.25) is 5.91 Å². The Balaban J connectivity index is 1.80. The number of para-hydroxylation sites is 1. The van der Waals surface area contributed by atoms with Crippen LogP contribution < -0.4 is 10.6 Å². The van der Waals surface area contributed by atoms with E-state index in [0.717, 1.165) is 5.56 Å². The number of nitrogens with zero attached hydrogens (tertiary/aromatic N) is 1. The number of carbonyl (C=O) groups excluding carboxylic acids is 2. The molecule has 1 saturated heterocycles. The molecule has 3 rings (SSSR count). The molecule has 2 N–H and O–H groups in total. The number of amides is 3. The Kier molecular flexibility index (Phi) is 6.42. The number of anilines is 1. The van der Waals surface area contributed by atoms with Crippen LogP contribution in [0.1, 0.15) is 24.4 Å². The first-order valence-electron chi connectivity index (χ1n) is 9.35. The molecule has 0 radical (unpaired) electrons. The number of benzene rings is 2. The first kappa shape index (κ1) is 19.6. The van der Waals surface area contributed by atoms with Crippen LogP contribution in [-0.4, -0.2) is 29.9 Å². The van der Waals surface area contributed by atoms with Crippen molar-refractivity contribution < 1.29 is 14.0 Å². The molecule has 1 fully saturated rings. The number of hydrogen-bond acceptors (Lipinski definition) is 2. The predicted molar refractivity (Wildman–Crippen MR) is 107 cm³/mol. The highest BCUT2D eigenvalue weighted by molar-refractivity contribution is 5.90. The lowest BCUT2D eigenvalue weighted by Crippen LogP contribution is -2.48. The summed E-state index contributed by atoms with van der Waals surface area (Å²) in [6, 6.07) is 14.9. The van der Waals surface area contributed by atoms with Crippen LogP contribution in [0.25, 0.3) is 0 Å². The van der Waals surface area contributed by atoms with Crippen molar-refractivity contribution in [2.45, 2.75) is 18.9 Å². The summed E-state index contributed by atoms with van der Waals surface area (Å²) in [5, 5.41) is 5.70. The van der Waals surface area contributed by atoms with E-state index in [1.165, 1.54) is 12.1 Å². The van der Waals surface area contributed by atoms with E-state index in [9.17, 15) is 14.0 Å². The molecule has 0 aliphatic carbocycles. The fourth-order valence-electron chi connectivity index (χ4n) is 3.47. The SMILES string of the molecule is C=CCNC(=O)C1CCC(c2ccc(F)cc2)N(C(=O)Nc2ccccc2)C1. The fraction of sp³-hybridized carbons (Fsp3) is 0.273. The van der Waals surface area contributed by atoms with Gasteiger partial charge in [-0.3, -0.25) is 4.79 Å². The minimum absolute atomic E-state index is 0.0880. The summed E-state index contributed by atoms with van der Waals surface area (Å²) in [4.78, 5) is 27.1. The zero-order chi connectivity index (χ0) is 19.9. The molecule has 0 aromatic heterocycles. The number of carbonyl (C=O) groups is 2. The third-order valence-electron chi connectivity index (χ3n) is 4.91. The van der Waals surface area contributed by atoms with Crippen molar-refractivity contribution in [3.05, 3.63) is 78.6 Å². The van der Waals surface area contributed by atoms with Crippen molar-refractivity contribution >= 4 is 17.6 Å². The van der Waals surface area contributed by atoms with Crippen molar-refractivity contribution in [2.24, 2.45) is 5.92 Å². The van der Waals surface area contributed by atoms with Crippen LogP contribution in [0.3, 0.4) is 0 Å². The molecule has 2 aromatic rings. The van der Waals surface area contributed by atoms with Crippen LogP contribution in [0.5, 0.6) is 0 Å². The standard InChI is InChI=1S/C22H24FN3O2/c1-2-14-24-21(27)17-10-13-20(16-8-11-18(23)12-9-16)26(15-17)22(28)25-19-6-4-3-5-7-19/h2-9,11-12,17,20H,1,10,13-15H2,(H,24,27)(H,25,28). The van der Waals surface area contributed by atoms with Crippen molar-refractivity contribution in [3.8, 4) is 0 Å². The molecular formula is C22H24FN3O2. The smallest absolute Gasteiger partial charge is 0.322 e. The van der Waals surface area contributed by atoms with Crippen molar-refractivity contribution in [3.63, 3.8) is 0 Å². The van der Waals surface area contributed by atoms with Gasteiger partial charge in [-0.05, 0) is 42.7 Å². The Morgan fingerprint density at radius 3 is 2.50 bits per heavy atom. The maximum Gasteiger partial charge on any atom is 0.322 e. The summed E-state index contributed by atoms with van der Waals surface area (Å²) in [5.74, 6) is -0.699. The van der Waals surface area contributed by atoms with Crippen molar-refractivity contribution in [2.75, 3.05) is 18.4 Å². The zero-order valence-corrected chi connectivity index (χ0v) is 15.6. The lowest BCUT2D eigenvalue weighted by Gasteiger charge is -2.39. The highest BCUT2D eigenvalue weighted by atomic mass is 19.1. The second kappa shape index (κ2) is 9.17. The number of urea groups is 1. The van der Waals surface area contributed by atoms with Gasteiger partial charge in [0, 0.05) is 18.8 Å². The normalized spacial score (nSPS) is 19.0. The molecule has 2 aromatic carbocycles. The minimum Gasteiger partial charge on any atom is -0.352 e. The van der Waals surface area contributed by atoms with Crippen LogP contribution in [0.4, 0.5) is 14.9 Å². The Labute approximate surface area is 164 Å². The largest absolute Gasteiger partial charge is 0.352 e. The summed E-state index contributed by atoms with van der Waals surface area (Å²) in [7, 11) is 0. The molecule has 1 aliphatic rings. The average molecular weight is 381 g/mol. The Bertz CT molecular complexity index is 823. The second-order valence-corrected chi connectivity index (χ2v) is 6.82. The third-order valence-corrected chi connectivity index (χ3v) is 4.91. The van der Waals surface area contributed by atoms with Gasteiger partial charge >= 0.3 is 6.03 Å². The van der Waals surface area contributed by atoms with E-state index in [1.54, 1.807) is 23.1 Å². The topological polar surface area (TPSA) is 61.4 Å². The molecule has 5 nitrogen and oxygen atoms in total. The number of halogens is 1. The van der Waals surface area contributed by atoms with Gasteiger partial charge in [-0.2, -0.15) is 0 Å². The van der Waals surface area contributed by atoms with Crippen LogP contribution in [0.2, 0.25) is 0 Å². The maximum absolute atomic E-state index is 13.3. The molecule has 146 valence electrons. The van der Waals surface area contributed by atoms with Crippen LogP contribution in [0.15, 0.2) is 67.3 Å². The van der Waals surface area contributed by atoms with Gasteiger partial charge in [0.05, 0.1) is 12.0 Å². The van der Waals surface area contributed by atoms with E-state index >= 15 is 0 Å². The van der Waals surface area contributed by atoms with Gasteiger partial charge in [-0.25, -0.2) is 9.18 Å². The quantitative estimate of drug-likeness (QED) is 0.766. The maximum atomic E-state index is 13.3. The predicted octanol–water partition coefficient (Wildman–Crippen LogP) is 4.11. The van der Waals surface area contributed by atoms with Gasteiger partial charge < -0.3 is 15.5 Å². The van der Waals surface area contributed by atoms with E-state index in [1.807, 2.05) is 30.3 Å². The van der Waals surface area contributed by atoms with E-state index in [-0.39, 0.29) is 29.7 Å². The van der Waals surface area contributed by atoms with Crippen LogP contribution in [0, 0.1) is 11.7 Å². The molecule has 28 heavy (non-hydrogen) atoms. The molecule has 1 aliphatic heterocycles. The van der Waals surface area contributed by atoms with Crippen molar-refractivity contribution in [1.82, 2.24) is 10.2 Å². The number of likely N-dealkylation sites (tertiary alicyclic amines) is 1. The lowest BCUT2D eigenvalue weighted by molar-refractivity contribution is -0.126. The Hall–Kier alpha value is -3.15. The molecule has 2 unspecified atom stereocenters. The molecule has 2 atom stereocenters. The van der Waals surface area contributed by atoms with E-state index in [4.69, 9.17) is 0 Å². The molecule has 3 amide bonds. The first-order valence-corrected chi connectivity index (χ1v) is 9.35. The molecule has 0 saturated carbocycles. The van der Waals surface area contributed by atoms with Gasteiger partial charge in [-0.15, -0.1) is 6.58 Å². The third kappa shape index (κ3) is 4.76. The molecular weight excluding hydrogens is 357 g/mol. The lowest BCUT2D eigenvalue weighted by atomic mass is 9.88. The van der Waals surface area contributed by atoms with E-state index in [2.05, 4.69) is 17.2 Å². The number of hydrogen-bond donors (Lipinski definition) is 2. The Morgan fingerprint density at radius 2 is 1.82 bits per heavy atom. The number of rotatable bonds is 5.